The van der Waals surface area contributed by atoms with E-state index in [0.717, 1.165) is 22.2 Å². The van der Waals surface area contributed by atoms with Gasteiger partial charge in [-0.05, 0) is 42.5 Å². The van der Waals surface area contributed by atoms with Crippen molar-refractivity contribution in [1.82, 2.24) is 4.98 Å². The van der Waals surface area contributed by atoms with Gasteiger partial charge in [0.2, 0.25) is 0 Å². The number of para-hydroxylation sites is 1. The number of nitrogens with one attached hydrogen (secondary N) is 1. The van der Waals surface area contributed by atoms with E-state index in [1.165, 1.54) is 0 Å². The van der Waals surface area contributed by atoms with E-state index in [1.807, 2.05) is 24.3 Å². The first-order valence-electron chi connectivity index (χ1n) is 10.1. The van der Waals surface area contributed by atoms with Crippen LogP contribution in [0.1, 0.15) is 15.9 Å². The maximum atomic E-state index is 12.9. The minimum absolute atomic E-state index is 0.0862. The number of hydrogen-bond donors (Lipinski definition) is 1. The van der Waals surface area contributed by atoms with Gasteiger partial charge in [0.15, 0.2) is 6.61 Å². The van der Waals surface area contributed by atoms with Crippen LogP contribution in [-0.2, 0) is 15.7 Å². The first kappa shape index (κ1) is 24.7. The lowest BCUT2D eigenvalue weighted by Crippen LogP contribution is -2.21. The van der Waals surface area contributed by atoms with Gasteiger partial charge in [-0.1, -0.05) is 57.9 Å². The summed E-state index contributed by atoms with van der Waals surface area (Å²) in [5.41, 5.74) is 0.833. The quantitative estimate of drug-likeness (QED) is 0.262. The molecule has 1 heterocycles. The Kier molecular flexibility index (Phi) is 7.09. The van der Waals surface area contributed by atoms with E-state index >= 15 is 0 Å². The van der Waals surface area contributed by atoms with Crippen LogP contribution in [0.15, 0.2) is 77.3 Å². The zero-order valence-electron chi connectivity index (χ0n) is 17.7. The molecular formula is C25H15BrClF3N2O3. The number of carbonyl (C=O) groups excluding carboxylic acids is 2. The fourth-order valence-corrected chi connectivity index (χ4v) is 3.73. The number of halogens is 5. The molecule has 0 aliphatic carbocycles. The molecule has 0 aliphatic rings. The Morgan fingerprint density at radius 1 is 1.00 bits per heavy atom. The van der Waals surface area contributed by atoms with Crippen molar-refractivity contribution in [2.24, 2.45) is 0 Å². The lowest BCUT2D eigenvalue weighted by molar-refractivity contribution is -0.137. The van der Waals surface area contributed by atoms with Gasteiger partial charge in [-0.15, -0.1) is 0 Å². The number of pyridine rings is 1. The van der Waals surface area contributed by atoms with E-state index in [-0.39, 0.29) is 16.3 Å². The van der Waals surface area contributed by atoms with Gasteiger partial charge in [-0.2, -0.15) is 13.2 Å². The number of ether oxygens (including phenoxy) is 1. The lowest BCUT2D eigenvalue weighted by atomic mass is 10.0. The molecule has 0 bridgehead atoms. The molecule has 4 rings (SSSR count). The summed E-state index contributed by atoms with van der Waals surface area (Å²) in [4.78, 5) is 29.8. The molecule has 0 saturated carbocycles. The predicted molar refractivity (Wildman–Crippen MR) is 130 cm³/mol. The molecule has 3 aromatic carbocycles. The van der Waals surface area contributed by atoms with Gasteiger partial charge in [0, 0.05) is 15.4 Å². The molecule has 0 fully saturated rings. The van der Waals surface area contributed by atoms with E-state index in [2.05, 4.69) is 26.2 Å². The molecule has 0 unspecified atom stereocenters. The van der Waals surface area contributed by atoms with Gasteiger partial charge in [0.25, 0.3) is 5.91 Å². The molecule has 1 N–H and O–H groups in total. The van der Waals surface area contributed by atoms with Crippen molar-refractivity contribution in [2.45, 2.75) is 6.18 Å². The molecule has 178 valence electrons. The zero-order valence-corrected chi connectivity index (χ0v) is 20.0. The van der Waals surface area contributed by atoms with Crippen LogP contribution >= 0.6 is 27.5 Å². The van der Waals surface area contributed by atoms with Gasteiger partial charge in [0.1, 0.15) is 0 Å². The topological polar surface area (TPSA) is 68.3 Å². The number of alkyl halides is 3. The fourth-order valence-electron chi connectivity index (χ4n) is 3.31. The van der Waals surface area contributed by atoms with Crippen LogP contribution in [0.5, 0.6) is 0 Å². The number of carbonyl (C=O) groups is 2. The van der Waals surface area contributed by atoms with E-state index < -0.39 is 30.2 Å². The van der Waals surface area contributed by atoms with Gasteiger partial charge >= 0.3 is 12.1 Å². The van der Waals surface area contributed by atoms with Crippen LogP contribution in [0.25, 0.3) is 22.2 Å². The number of rotatable bonds is 5. The van der Waals surface area contributed by atoms with Gasteiger partial charge in [-0.3, -0.25) is 4.79 Å². The molecule has 4 aromatic rings. The number of nitrogens with zero attached hydrogens (tertiary/aromatic N) is 1. The van der Waals surface area contributed by atoms with Crippen molar-refractivity contribution in [2.75, 3.05) is 11.9 Å². The second kappa shape index (κ2) is 10.1. The average Bonchev–Trinajstić information content (AvgIpc) is 2.83. The number of hydrogen-bond acceptors (Lipinski definition) is 4. The molecule has 0 atom stereocenters. The summed E-state index contributed by atoms with van der Waals surface area (Å²) in [6.45, 7) is -0.727. The predicted octanol–water partition coefficient (Wildman–Crippen LogP) is 7.13. The maximum absolute atomic E-state index is 12.9. The Labute approximate surface area is 211 Å². The van der Waals surface area contributed by atoms with E-state index in [4.69, 9.17) is 16.3 Å². The molecule has 35 heavy (non-hydrogen) atoms. The average molecular weight is 564 g/mol. The van der Waals surface area contributed by atoms with Gasteiger partial charge in [-0.25, -0.2) is 9.78 Å². The van der Waals surface area contributed by atoms with E-state index in [0.29, 0.717) is 22.7 Å². The van der Waals surface area contributed by atoms with Crippen molar-refractivity contribution in [3.63, 3.8) is 0 Å². The Balaban J connectivity index is 1.54. The summed E-state index contributed by atoms with van der Waals surface area (Å²) in [7, 11) is 0. The Morgan fingerprint density at radius 3 is 2.43 bits per heavy atom. The molecule has 5 nitrogen and oxygen atoms in total. The highest BCUT2D eigenvalue weighted by Gasteiger charge is 2.31. The number of anilines is 1. The second-order valence-corrected chi connectivity index (χ2v) is 8.72. The van der Waals surface area contributed by atoms with Crippen molar-refractivity contribution < 1.29 is 27.5 Å². The summed E-state index contributed by atoms with van der Waals surface area (Å²) in [6.07, 6.45) is -4.61. The normalized spacial score (nSPS) is 11.3. The van der Waals surface area contributed by atoms with Crippen LogP contribution in [0.3, 0.4) is 0 Å². The highest BCUT2D eigenvalue weighted by atomic mass is 79.9. The van der Waals surface area contributed by atoms with Crippen molar-refractivity contribution >= 4 is 56.0 Å². The Morgan fingerprint density at radius 2 is 1.71 bits per heavy atom. The highest BCUT2D eigenvalue weighted by molar-refractivity contribution is 9.10. The van der Waals surface area contributed by atoms with Gasteiger partial charge in [0.05, 0.1) is 33.0 Å². The van der Waals surface area contributed by atoms with Gasteiger partial charge < -0.3 is 10.1 Å². The summed E-state index contributed by atoms with van der Waals surface area (Å²) in [5, 5.41) is 2.69. The second-order valence-electron chi connectivity index (χ2n) is 7.40. The fraction of sp³-hybridized carbons (Fsp3) is 0.0800. The summed E-state index contributed by atoms with van der Waals surface area (Å²) in [5.74, 6) is -1.63. The van der Waals surface area contributed by atoms with Crippen molar-refractivity contribution in [3.05, 3.63) is 93.4 Å². The van der Waals surface area contributed by atoms with E-state index in [9.17, 15) is 22.8 Å². The van der Waals surface area contributed by atoms with Crippen LogP contribution in [0, 0.1) is 0 Å². The molecular weight excluding hydrogens is 549 g/mol. The van der Waals surface area contributed by atoms with Crippen LogP contribution in [0.4, 0.5) is 18.9 Å². The number of fused-ring (bicyclic) bond motifs is 1. The first-order valence-corrected chi connectivity index (χ1v) is 11.3. The SMILES string of the molecule is O=C(COC(=O)c1cc(-c2ccc(Br)cc2)nc2ccccc12)Nc1cc(C(F)(F)F)ccc1Cl. The minimum atomic E-state index is -4.61. The molecule has 1 aromatic heterocycles. The lowest BCUT2D eigenvalue weighted by Gasteiger charge is -2.12. The third kappa shape index (κ3) is 5.80. The monoisotopic (exact) mass is 562 g/mol. The van der Waals surface area contributed by atoms with Crippen LogP contribution in [0.2, 0.25) is 5.02 Å². The number of aromatic nitrogens is 1. The smallest absolute Gasteiger partial charge is 0.416 e. The Bertz CT molecular complexity index is 1430. The molecule has 0 aliphatic heterocycles. The van der Waals surface area contributed by atoms with Crippen LogP contribution in [-0.4, -0.2) is 23.5 Å². The number of amides is 1. The van der Waals surface area contributed by atoms with Crippen LogP contribution < -0.4 is 5.32 Å². The zero-order chi connectivity index (χ0) is 25.2. The standard InChI is InChI=1S/C25H15BrClF3N2O3/c26-16-8-5-14(6-9-16)21-12-18(17-3-1-2-4-20(17)31-21)24(34)35-13-23(33)32-22-11-15(25(28,29)30)7-10-19(22)27/h1-12H,13H2,(H,32,33). The van der Waals surface area contributed by atoms with Crippen molar-refractivity contribution in [1.29, 1.82) is 0 Å². The minimum Gasteiger partial charge on any atom is -0.452 e. The summed E-state index contributed by atoms with van der Waals surface area (Å²) >= 11 is 9.27. The largest absolute Gasteiger partial charge is 0.452 e. The summed E-state index contributed by atoms with van der Waals surface area (Å²) in [6, 6.07) is 18.4. The molecule has 0 saturated heterocycles. The van der Waals surface area contributed by atoms with Crippen molar-refractivity contribution in [3.8, 4) is 11.3 Å². The molecule has 0 spiro atoms. The molecule has 0 radical (unpaired) electrons. The highest BCUT2D eigenvalue weighted by Crippen LogP contribution is 2.34. The molecule has 10 heteroatoms. The third-order valence-electron chi connectivity index (χ3n) is 4.98. The Hall–Kier alpha value is -3.43. The number of esters is 1. The number of benzene rings is 3. The third-order valence-corrected chi connectivity index (χ3v) is 5.84. The maximum Gasteiger partial charge on any atom is 0.416 e. The summed E-state index contributed by atoms with van der Waals surface area (Å²) < 4.78 is 44.9. The van der Waals surface area contributed by atoms with E-state index in [1.54, 1.807) is 30.3 Å². The first-order chi connectivity index (χ1) is 16.6. The molecule has 1 amide bonds.